The molecule has 0 saturated carbocycles. The smallest absolute Gasteiger partial charge is 0.460 e. The third-order valence-corrected chi connectivity index (χ3v) is 5.83. The third-order valence-electron chi connectivity index (χ3n) is 5.83. The molecule has 0 radical (unpaired) electrons. The van der Waals surface area contributed by atoms with E-state index >= 15 is 0 Å². The van der Waals surface area contributed by atoms with Crippen molar-refractivity contribution in [2.75, 3.05) is 6.61 Å². The van der Waals surface area contributed by atoms with Crippen LogP contribution in [-0.2, 0) is 9.53 Å². The molecule has 29 heteroatoms. The standard InChI is InChI=1S/C19H9F27O2/c1-5(2)6(47)48-4-3-7(20,21)9(23,24)12(29,30)14(33,34)16(37,38)15(35,36)13(31,32)10(25,26)8(22,18(41,42)43)11(27,28)17(39,40)19(44,45)46/h1,3-4H2,2H3. The van der Waals surface area contributed by atoms with Gasteiger partial charge >= 0.3 is 83.2 Å². The SMILES string of the molecule is C=C(C)C(=O)OCCC(F)(F)C(F)(F)C(F)(F)C(F)(F)C(F)(F)C(F)(F)C(F)(F)C(F)(F)C(F)(C(F)(F)F)C(F)(F)C(F)(F)C(F)(F)F. The van der Waals surface area contributed by atoms with Crippen molar-refractivity contribution in [1.29, 1.82) is 0 Å². The van der Waals surface area contributed by atoms with Gasteiger partial charge in [-0.1, -0.05) is 6.58 Å². The number of halogens is 27. The third kappa shape index (κ3) is 5.73. The highest BCUT2D eigenvalue weighted by Crippen LogP contribution is 2.69. The monoisotopic (exact) mass is 782 g/mol. The highest BCUT2D eigenvalue weighted by Gasteiger charge is 3.02. The second-order valence-corrected chi connectivity index (χ2v) is 9.19. The van der Waals surface area contributed by atoms with Crippen molar-refractivity contribution in [3.63, 3.8) is 0 Å². The molecule has 0 fully saturated rings. The molecule has 0 rings (SSSR count). The fraction of sp³-hybridized carbons (Fsp3) is 0.842. The molecule has 0 N–H and O–H groups in total. The van der Waals surface area contributed by atoms with Gasteiger partial charge < -0.3 is 4.74 Å². The van der Waals surface area contributed by atoms with Crippen molar-refractivity contribution in [1.82, 2.24) is 0 Å². The van der Waals surface area contributed by atoms with Crippen LogP contribution in [0, 0.1) is 0 Å². The van der Waals surface area contributed by atoms with Gasteiger partial charge in [0.05, 0.1) is 13.0 Å². The zero-order valence-electron chi connectivity index (χ0n) is 21.6. The van der Waals surface area contributed by atoms with Crippen molar-refractivity contribution in [3.05, 3.63) is 12.2 Å². The molecule has 0 amide bonds. The first kappa shape index (κ1) is 45.3. The molecule has 0 bridgehead atoms. The average Bonchev–Trinajstić information content (AvgIpc) is 2.85. The molecule has 286 valence electrons. The Morgan fingerprint density at radius 1 is 0.438 bits per heavy atom. The molecular weight excluding hydrogens is 773 g/mol. The Bertz CT molecular complexity index is 1210. The van der Waals surface area contributed by atoms with E-state index < -0.39 is 102 Å². The maximum atomic E-state index is 14.1. The summed E-state index contributed by atoms with van der Waals surface area (Å²) in [6.45, 7) is 1.09. The van der Waals surface area contributed by atoms with E-state index in [4.69, 9.17) is 0 Å². The molecule has 1 atom stereocenters. The lowest BCUT2D eigenvalue weighted by atomic mass is 9.78. The first-order valence-corrected chi connectivity index (χ1v) is 10.8. The molecule has 0 heterocycles. The molecule has 1 unspecified atom stereocenters. The summed E-state index contributed by atoms with van der Waals surface area (Å²) in [5, 5.41) is 0. The van der Waals surface area contributed by atoms with E-state index in [0.29, 0.717) is 6.92 Å². The quantitative estimate of drug-likeness (QED) is 0.0998. The van der Waals surface area contributed by atoms with Crippen LogP contribution in [0.2, 0.25) is 0 Å². The van der Waals surface area contributed by atoms with Crippen molar-refractivity contribution in [2.24, 2.45) is 0 Å². The molecule has 0 aliphatic rings. The van der Waals surface area contributed by atoms with Crippen LogP contribution in [0.3, 0.4) is 0 Å². The Morgan fingerprint density at radius 3 is 0.979 bits per heavy atom. The van der Waals surface area contributed by atoms with Crippen LogP contribution >= 0.6 is 0 Å². The van der Waals surface area contributed by atoms with Crippen LogP contribution in [0.4, 0.5) is 119 Å². The summed E-state index contributed by atoms with van der Waals surface area (Å²) in [5.74, 6) is -94.2. The van der Waals surface area contributed by atoms with Gasteiger partial charge in [-0.3, -0.25) is 0 Å². The van der Waals surface area contributed by atoms with Gasteiger partial charge in [-0.05, 0) is 6.92 Å². The summed E-state index contributed by atoms with van der Waals surface area (Å²) < 4.78 is 368. The molecular formula is C19H9F27O2. The van der Waals surface area contributed by atoms with Crippen LogP contribution in [0.1, 0.15) is 13.3 Å². The van der Waals surface area contributed by atoms with E-state index in [9.17, 15) is 123 Å². The normalized spacial score (nSPS) is 17.2. The predicted octanol–water partition coefficient (Wildman–Crippen LogP) is 9.68. The molecule has 2 nitrogen and oxygen atoms in total. The van der Waals surface area contributed by atoms with Gasteiger partial charge in [0.1, 0.15) is 0 Å². The second-order valence-electron chi connectivity index (χ2n) is 9.19. The molecule has 0 aromatic heterocycles. The van der Waals surface area contributed by atoms with Crippen LogP contribution < -0.4 is 0 Å². The molecule has 0 aliphatic heterocycles. The van der Waals surface area contributed by atoms with Gasteiger partial charge in [-0.2, -0.15) is 114 Å². The topological polar surface area (TPSA) is 26.3 Å². The van der Waals surface area contributed by atoms with Gasteiger partial charge in [-0.15, -0.1) is 0 Å². The molecule has 0 spiro atoms. The minimum Gasteiger partial charge on any atom is -0.462 e. The number of ether oxygens (including phenoxy) is 1. The summed E-state index contributed by atoms with van der Waals surface area (Å²) in [5.41, 5.74) is -10.8. The zero-order chi connectivity index (χ0) is 39.8. The Labute approximate surface area is 244 Å². The zero-order valence-corrected chi connectivity index (χ0v) is 21.6. The highest BCUT2D eigenvalue weighted by atomic mass is 19.4. The van der Waals surface area contributed by atoms with Gasteiger partial charge in [-0.25, -0.2) is 9.18 Å². The summed E-state index contributed by atoms with van der Waals surface area (Å²) in [6.07, 6.45) is -20.9. The van der Waals surface area contributed by atoms with E-state index in [0.717, 1.165) is 0 Å². The van der Waals surface area contributed by atoms with E-state index in [2.05, 4.69) is 11.3 Å². The van der Waals surface area contributed by atoms with E-state index in [1.54, 1.807) is 0 Å². The van der Waals surface area contributed by atoms with Crippen LogP contribution in [0.5, 0.6) is 0 Å². The maximum absolute atomic E-state index is 14.1. The first-order chi connectivity index (χ1) is 20.3. The second kappa shape index (κ2) is 11.7. The molecule has 48 heavy (non-hydrogen) atoms. The Morgan fingerprint density at radius 2 is 0.708 bits per heavy atom. The number of esters is 1. The lowest BCUT2D eigenvalue weighted by molar-refractivity contribution is -0.490. The molecule has 0 aliphatic carbocycles. The predicted molar refractivity (Wildman–Crippen MR) is 95.8 cm³/mol. The summed E-state index contributed by atoms with van der Waals surface area (Å²) >= 11 is 0. The maximum Gasteiger partial charge on any atom is 0.460 e. The molecule has 0 saturated heterocycles. The molecule has 0 aromatic carbocycles. The lowest BCUT2D eigenvalue weighted by Crippen LogP contribution is -2.81. The van der Waals surface area contributed by atoms with Crippen LogP contribution in [0.25, 0.3) is 0 Å². The van der Waals surface area contributed by atoms with Crippen LogP contribution in [0.15, 0.2) is 12.2 Å². The highest BCUT2D eigenvalue weighted by molar-refractivity contribution is 5.86. The fourth-order valence-corrected chi connectivity index (χ4v) is 2.93. The minimum atomic E-state index is -10.1. The van der Waals surface area contributed by atoms with E-state index in [-0.39, 0.29) is 0 Å². The van der Waals surface area contributed by atoms with Crippen molar-refractivity contribution < 1.29 is 128 Å². The minimum absolute atomic E-state index is 0.677. The van der Waals surface area contributed by atoms with Crippen LogP contribution in [-0.4, -0.2) is 89.8 Å². The van der Waals surface area contributed by atoms with E-state index in [1.165, 1.54) is 0 Å². The Hall–Kier alpha value is -2.68. The van der Waals surface area contributed by atoms with Crippen molar-refractivity contribution in [3.8, 4) is 0 Å². The Kier molecular flexibility index (Phi) is 11.0. The average molecular weight is 782 g/mol. The number of hydrogen-bond acceptors (Lipinski definition) is 2. The fourth-order valence-electron chi connectivity index (χ4n) is 2.93. The van der Waals surface area contributed by atoms with E-state index in [1.807, 2.05) is 0 Å². The largest absolute Gasteiger partial charge is 0.462 e. The van der Waals surface area contributed by atoms with Gasteiger partial charge in [0, 0.05) is 5.57 Å². The number of carbonyl (C=O) groups excluding carboxylic acids is 1. The van der Waals surface area contributed by atoms with Gasteiger partial charge in [0.15, 0.2) is 0 Å². The van der Waals surface area contributed by atoms with Gasteiger partial charge in [0.25, 0.3) is 0 Å². The summed E-state index contributed by atoms with van der Waals surface area (Å²) in [4.78, 5) is 11.0. The van der Waals surface area contributed by atoms with Gasteiger partial charge in [0.2, 0.25) is 0 Å². The number of hydrogen-bond donors (Lipinski definition) is 0. The number of rotatable bonds is 14. The Balaban J connectivity index is 7.52. The lowest BCUT2D eigenvalue weighted by Gasteiger charge is -2.48. The summed E-state index contributed by atoms with van der Waals surface area (Å²) in [7, 11) is 0. The number of alkyl halides is 27. The number of carbonyl (C=O) groups is 1. The van der Waals surface area contributed by atoms with Crippen molar-refractivity contribution in [2.45, 2.75) is 90.6 Å². The van der Waals surface area contributed by atoms with Crippen molar-refractivity contribution >= 4 is 5.97 Å². The molecule has 0 aromatic rings. The first-order valence-electron chi connectivity index (χ1n) is 10.8. The summed E-state index contributed by atoms with van der Waals surface area (Å²) in [6, 6.07) is 0.